The van der Waals surface area contributed by atoms with Gasteiger partial charge in [-0.25, -0.2) is 9.59 Å². The van der Waals surface area contributed by atoms with Crippen LogP contribution in [0.1, 0.15) is 52.9 Å². The Labute approximate surface area is 145 Å². The molecule has 0 aromatic heterocycles. The van der Waals surface area contributed by atoms with E-state index in [-0.39, 0.29) is 0 Å². The van der Waals surface area contributed by atoms with Crippen molar-refractivity contribution in [3.63, 3.8) is 0 Å². The number of carbonyl (C=O) groups excluding carboxylic acids is 2. The van der Waals surface area contributed by atoms with Crippen LogP contribution < -0.4 is 5.32 Å². The molecule has 2 unspecified atom stereocenters. The van der Waals surface area contributed by atoms with Crippen LogP contribution >= 0.6 is 0 Å². The van der Waals surface area contributed by atoms with Crippen molar-refractivity contribution in [2.24, 2.45) is 5.92 Å². The fourth-order valence-electron chi connectivity index (χ4n) is 2.52. The summed E-state index contributed by atoms with van der Waals surface area (Å²) in [6.07, 6.45) is 2.37. The molecule has 142 valence electrons. The molecule has 0 radical (unpaired) electrons. The molecule has 0 spiro atoms. The number of rotatable bonds is 6. The van der Waals surface area contributed by atoms with E-state index in [0.29, 0.717) is 12.8 Å². The van der Waals surface area contributed by atoms with Gasteiger partial charge in [0.1, 0.15) is 11.7 Å². The Morgan fingerprint density at radius 2 is 1.56 bits per heavy atom. The second kappa shape index (κ2) is 8.68. The number of nitrogens with one attached hydrogen (secondary N) is 1. The number of carbonyl (C=O) groups is 4. The normalized spacial score (nSPS) is 17.9. The topological polar surface area (TPSA) is 139 Å². The Bertz CT molecular complexity index is 519. The van der Waals surface area contributed by atoms with Gasteiger partial charge in [-0.2, -0.15) is 0 Å². The number of alkyl carbamates (subject to hydrolysis) is 1. The van der Waals surface area contributed by atoms with E-state index < -0.39 is 47.7 Å². The minimum atomic E-state index is -2.06. The minimum absolute atomic E-state index is 0.431. The molecule has 0 aromatic rings. The summed E-state index contributed by atoms with van der Waals surface area (Å²) in [4.78, 5) is 46.8. The van der Waals surface area contributed by atoms with Crippen molar-refractivity contribution in [2.45, 2.75) is 70.6 Å². The van der Waals surface area contributed by atoms with E-state index in [1.54, 1.807) is 20.8 Å². The average molecular weight is 359 g/mol. The van der Waals surface area contributed by atoms with Gasteiger partial charge in [-0.1, -0.05) is 6.42 Å². The highest BCUT2D eigenvalue weighted by atomic mass is 16.6. The second-order valence-electron chi connectivity index (χ2n) is 6.97. The monoisotopic (exact) mass is 359 g/mol. The maximum atomic E-state index is 12.2. The van der Waals surface area contributed by atoms with Gasteiger partial charge in [0.2, 0.25) is 0 Å². The maximum absolute atomic E-state index is 12.2. The number of aliphatic carboxylic acids is 2. The minimum Gasteiger partial charge on any atom is -0.481 e. The standard InChI is InChI=1S/C16H25NO8/c1-16(2,3)25-15(23)17-11(13(20)21)10(12(18)19)14(22)24-9-7-5-4-6-8-9/h9-11H,4-8H2,1-3H3,(H,17,23)(H,18,19)(H,20,21). The summed E-state index contributed by atoms with van der Waals surface area (Å²) in [6.45, 7) is 4.69. The Morgan fingerprint density at radius 3 is 2.00 bits per heavy atom. The number of carboxylic acids is 2. The Hall–Kier alpha value is -2.32. The fourth-order valence-corrected chi connectivity index (χ4v) is 2.52. The molecule has 25 heavy (non-hydrogen) atoms. The third-order valence-corrected chi connectivity index (χ3v) is 3.63. The van der Waals surface area contributed by atoms with Crippen LogP contribution in [0.4, 0.5) is 4.79 Å². The SMILES string of the molecule is CC(C)(C)OC(=O)NC(C(=O)O)C(C(=O)O)C(=O)OC1CCCCC1. The molecule has 0 aromatic carbocycles. The van der Waals surface area contributed by atoms with Crippen molar-refractivity contribution < 1.29 is 38.9 Å². The number of esters is 1. The van der Waals surface area contributed by atoms with Crippen molar-refractivity contribution >= 4 is 24.0 Å². The molecule has 0 aliphatic heterocycles. The van der Waals surface area contributed by atoms with E-state index in [1.165, 1.54) is 0 Å². The van der Waals surface area contributed by atoms with Gasteiger partial charge in [0, 0.05) is 0 Å². The number of hydrogen-bond acceptors (Lipinski definition) is 6. The summed E-state index contributed by atoms with van der Waals surface area (Å²) in [6, 6.07) is -2.00. The number of ether oxygens (including phenoxy) is 2. The van der Waals surface area contributed by atoms with E-state index in [9.17, 15) is 29.4 Å². The second-order valence-corrected chi connectivity index (χ2v) is 6.97. The predicted octanol–water partition coefficient (Wildman–Crippen LogP) is 1.54. The van der Waals surface area contributed by atoms with E-state index in [0.717, 1.165) is 19.3 Å². The lowest BCUT2D eigenvalue weighted by atomic mass is 9.96. The summed E-state index contributed by atoms with van der Waals surface area (Å²) in [5, 5.41) is 20.5. The quantitative estimate of drug-likeness (QED) is 0.479. The van der Waals surface area contributed by atoms with E-state index >= 15 is 0 Å². The Morgan fingerprint density at radius 1 is 1.00 bits per heavy atom. The van der Waals surface area contributed by atoms with Gasteiger partial charge in [-0.15, -0.1) is 0 Å². The van der Waals surface area contributed by atoms with Gasteiger partial charge in [-0.05, 0) is 46.5 Å². The summed E-state index contributed by atoms with van der Waals surface area (Å²) >= 11 is 0. The third-order valence-electron chi connectivity index (χ3n) is 3.63. The zero-order valence-corrected chi connectivity index (χ0v) is 14.6. The fraction of sp³-hybridized carbons (Fsp3) is 0.750. The van der Waals surface area contributed by atoms with Gasteiger partial charge in [-0.3, -0.25) is 9.59 Å². The Kier molecular flexibility index (Phi) is 7.20. The van der Waals surface area contributed by atoms with Crippen molar-refractivity contribution in [3.8, 4) is 0 Å². The van der Waals surface area contributed by atoms with Gasteiger partial charge in [0.05, 0.1) is 0 Å². The zero-order chi connectivity index (χ0) is 19.2. The summed E-state index contributed by atoms with van der Waals surface area (Å²) < 4.78 is 10.1. The molecule has 0 bridgehead atoms. The maximum Gasteiger partial charge on any atom is 0.408 e. The van der Waals surface area contributed by atoms with Crippen LogP contribution in [0, 0.1) is 5.92 Å². The lowest BCUT2D eigenvalue weighted by Gasteiger charge is -2.26. The summed E-state index contributed by atoms with van der Waals surface area (Å²) in [5.74, 6) is -6.60. The molecule has 3 N–H and O–H groups in total. The van der Waals surface area contributed by atoms with Gasteiger partial charge < -0.3 is 25.0 Å². The van der Waals surface area contributed by atoms with Crippen molar-refractivity contribution in [3.05, 3.63) is 0 Å². The van der Waals surface area contributed by atoms with Gasteiger partial charge in [0.25, 0.3) is 0 Å². The first-order chi connectivity index (χ1) is 11.5. The number of amides is 1. The van der Waals surface area contributed by atoms with Crippen LogP contribution in [-0.2, 0) is 23.9 Å². The molecular weight excluding hydrogens is 334 g/mol. The van der Waals surface area contributed by atoms with Crippen LogP contribution in [0.3, 0.4) is 0 Å². The summed E-state index contributed by atoms with van der Waals surface area (Å²) in [5.41, 5.74) is -0.908. The van der Waals surface area contributed by atoms with E-state index in [2.05, 4.69) is 0 Å². The van der Waals surface area contributed by atoms with E-state index in [4.69, 9.17) is 9.47 Å². The average Bonchev–Trinajstić information content (AvgIpc) is 2.45. The smallest absolute Gasteiger partial charge is 0.408 e. The summed E-state index contributed by atoms with van der Waals surface area (Å²) in [7, 11) is 0. The molecule has 1 saturated carbocycles. The Balaban J connectivity index is 2.86. The molecule has 1 amide bonds. The van der Waals surface area contributed by atoms with Crippen molar-refractivity contribution in [1.82, 2.24) is 5.32 Å². The predicted molar refractivity (Wildman–Crippen MR) is 84.9 cm³/mol. The molecule has 9 nitrogen and oxygen atoms in total. The highest BCUT2D eigenvalue weighted by molar-refractivity contribution is 6.00. The van der Waals surface area contributed by atoms with Crippen LogP contribution in [0.2, 0.25) is 0 Å². The molecule has 0 saturated heterocycles. The third kappa shape index (κ3) is 6.98. The number of hydrogen-bond donors (Lipinski definition) is 3. The first-order valence-corrected chi connectivity index (χ1v) is 8.17. The molecule has 0 heterocycles. The largest absolute Gasteiger partial charge is 0.481 e. The first kappa shape index (κ1) is 20.7. The lowest BCUT2D eigenvalue weighted by molar-refractivity contribution is -0.168. The van der Waals surface area contributed by atoms with Gasteiger partial charge in [0.15, 0.2) is 12.0 Å². The van der Waals surface area contributed by atoms with Crippen molar-refractivity contribution in [2.75, 3.05) is 0 Å². The molecular formula is C16H25NO8. The van der Waals surface area contributed by atoms with Crippen LogP contribution in [0.25, 0.3) is 0 Å². The lowest BCUT2D eigenvalue weighted by Crippen LogP contribution is -2.53. The number of carboxylic acid groups (broad SMARTS) is 2. The van der Waals surface area contributed by atoms with E-state index in [1.807, 2.05) is 5.32 Å². The molecule has 1 fully saturated rings. The highest BCUT2D eigenvalue weighted by Gasteiger charge is 2.43. The van der Waals surface area contributed by atoms with Crippen LogP contribution in [0.15, 0.2) is 0 Å². The highest BCUT2D eigenvalue weighted by Crippen LogP contribution is 2.22. The van der Waals surface area contributed by atoms with Gasteiger partial charge >= 0.3 is 24.0 Å². The molecule has 9 heteroatoms. The van der Waals surface area contributed by atoms with Crippen LogP contribution in [0.5, 0.6) is 0 Å². The molecule has 1 rings (SSSR count). The van der Waals surface area contributed by atoms with Crippen LogP contribution in [-0.4, -0.2) is 52.0 Å². The zero-order valence-electron chi connectivity index (χ0n) is 14.6. The first-order valence-electron chi connectivity index (χ1n) is 8.17. The molecule has 2 atom stereocenters. The molecule has 1 aliphatic rings. The van der Waals surface area contributed by atoms with Crippen molar-refractivity contribution in [1.29, 1.82) is 0 Å². The molecule has 1 aliphatic carbocycles.